The molecule has 0 unspecified atom stereocenters. The van der Waals surface area contributed by atoms with Gasteiger partial charge in [-0.3, -0.25) is 29.1 Å². The fraction of sp³-hybridized carbons (Fsp3) is 0.182. The average Bonchev–Trinajstić information content (AvgIpc) is 1.46. The van der Waals surface area contributed by atoms with Crippen molar-refractivity contribution in [3.8, 4) is 51.7 Å². The molecule has 6 heterocycles. The molecule has 3 fully saturated rings. The number of carbonyl (C=O) groups is 3. The zero-order valence-corrected chi connectivity index (χ0v) is 55.1. The van der Waals surface area contributed by atoms with Crippen molar-refractivity contribution >= 4 is 105 Å². The quantitative estimate of drug-likeness (QED) is 0.0624. The van der Waals surface area contributed by atoms with Crippen LogP contribution in [0, 0.1) is 13.8 Å². The number of benzene rings is 9. The molecule has 3 saturated heterocycles. The zero-order valence-electron chi connectivity index (χ0n) is 51.2. The van der Waals surface area contributed by atoms with E-state index in [1.807, 2.05) is 105 Å². The number of aromatic hydroxyl groups is 3. The van der Waals surface area contributed by atoms with E-state index in [1.54, 1.807) is 78.9 Å². The smallest absolute Gasteiger partial charge is 0.208 e. The third kappa shape index (κ3) is 12.0. The van der Waals surface area contributed by atoms with Crippen molar-refractivity contribution in [2.24, 2.45) is 0 Å². The minimum Gasteiger partial charge on any atom is -0.508 e. The molecule has 9 aromatic carbocycles. The number of ketones is 3. The van der Waals surface area contributed by atoms with Gasteiger partial charge in [-0.25, -0.2) is 0 Å². The lowest BCUT2D eigenvalue weighted by molar-refractivity contribution is 0.103. The number of phenols is 3. The molecule has 17 heteroatoms. The summed E-state index contributed by atoms with van der Waals surface area (Å²) in [5.74, 6) is 2.83. The molecule has 3 aliphatic rings. The predicted octanol–water partition coefficient (Wildman–Crippen LogP) is 18.8. The van der Waals surface area contributed by atoms with Gasteiger partial charge in [0.05, 0.1) is 5.02 Å². The second-order valence-corrected chi connectivity index (χ2v) is 28.6. The second-order valence-electron chi connectivity index (χ2n) is 24.7. The van der Waals surface area contributed by atoms with Gasteiger partial charge in [-0.1, -0.05) is 95.5 Å². The highest BCUT2D eigenvalue weighted by molar-refractivity contribution is 7.22. The Morgan fingerprint density at radius 1 is 0.479 bits per heavy atom. The molecule has 0 bridgehead atoms. The fourth-order valence-electron chi connectivity index (χ4n) is 13.0. The van der Waals surface area contributed by atoms with Gasteiger partial charge in [-0.2, -0.15) is 0 Å². The Hall–Kier alpha value is -8.87. The van der Waals surface area contributed by atoms with E-state index in [1.165, 1.54) is 46.0 Å². The minimum absolute atomic E-state index is 0.0155. The summed E-state index contributed by atoms with van der Waals surface area (Å²) in [6, 6.07) is 55.5. The number of rotatable bonds is 20. The average molecular weight is 1340 g/mol. The SMILES string of the molecule is Cc1ccc(C(=O)c2sc3cc(O)ccc3c2Oc2ccc(CN3CC(c4c(O)ccc5c(Oc6ccc(CN7CC(c8c(O)ccc9c(Oc%10ccc(CN%11CCC%11)cc%10)c(C(=O)c%10ccccc%10Cl)sc89)C7)cc6)c(C(=O)c6ccc(Cl)cc6)sc45)C3)cc2)c(C)c1. The van der Waals surface area contributed by atoms with E-state index in [4.69, 9.17) is 37.4 Å². The normalized spacial score (nSPS) is 14.7. The van der Waals surface area contributed by atoms with E-state index in [0.717, 1.165) is 83.3 Å². The molecule has 15 rings (SSSR count). The molecule has 3 aromatic heterocycles. The van der Waals surface area contributed by atoms with Crippen molar-refractivity contribution in [2.45, 2.75) is 51.7 Å². The van der Waals surface area contributed by atoms with Crippen LogP contribution >= 0.6 is 57.2 Å². The van der Waals surface area contributed by atoms with Crippen LogP contribution in [0.3, 0.4) is 0 Å². The maximum absolute atomic E-state index is 14.6. The Morgan fingerprint density at radius 2 is 0.947 bits per heavy atom. The van der Waals surface area contributed by atoms with Gasteiger partial charge in [0, 0.05) is 121 Å². The van der Waals surface area contributed by atoms with Gasteiger partial charge >= 0.3 is 0 Å². The first-order valence-electron chi connectivity index (χ1n) is 31.1. The van der Waals surface area contributed by atoms with Crippen molar-refractivity contribution in [3.05, 3.63) is 262 Å². The highest BCUT2D eigenvalue weighted by Gasteiger charge is 2.37. The summed E-state index contributed by atoms with van der Waals surface area (Å²) in [5, 5.41) is 36.6. The van der Waals surface area contributed by atoms with Crippen LogP contribution in [0.25, 0.3) is 30.3 Å². The summed E-state index contributed by atoms with van der Waals surface area (Å²) >= 11 is 16.9. The number of aryl methyl sites for hydroxylation is 2. The van der Waals surface area contributed by atoms with Gasteiger partial charge in [0.15, 0.2) is 17.2 Å². The Labute approximate surface area is 564 Å². The minimum atomic E-state index is -0.246. The summed E-state index contributed by atoms with van der Waals surface area (Å²) in [6.45, 7) is 11.0. The van der Waals surface area contributed by atoms with Gasteiger partial charge in [0.1, 0.15) is 49.1 Å². The zero-order chi connectivity index (χ0) is 64.5. The summed E-state index contributed by atoms with van der Waals surface area (Å²) < 4.78 is 22.3. The molecule has 12 nitrogen and oxygen atoms in total. The molecule has 3 N–H and O–H groups in total. The summed E-state index contributed by atoms with van der Waals surface area (Å²) in [4.78, 5) is 51.4. The number of fused-ring (bicyclic) bond motifs is 3. The number of thiophene rings is 3. The van der Waals surface area contributed by atoms with Gasteiger partial charge in [0.25, 0.3) is 0 Å². The third-order valence-corrected chi connectivity index (χ3v) is 22.2. The highest BCUT2D eigenvalue weighted by Crippen LogP contribution is 2.52. The molecule has 0 amide bonds. The fourth-order valence-corrected chi connectivity index (χ4v) is 17.1. The third-order valence-electron chi connectivity index (χ3n) is 18.1. The molecule has 12 aromatic rings. The molecule has 0 atom stereocenters. The van der Waals surface area contributed by atoms with Crippen molar-refractivity contribution in [2.75, 3.05) is 39.3 Å². The predicted molar refractivity (Wildman–Crippen MR) is 375 cm³/mol. The van der Waals surface area contributed by atoms with Crippen LogP contribution in [-0.4, -0.2) is 86.6 Å². The van der Waals surface area contributed by atoms with Crippen LogP contribution in [-0.2, 0) is 19.6 Å². The maximum Gasteiger partial charge on any atom is 0.208 e. The van der Waals surface area contributed by atoms with Crippen LogP contribution in [0.5, 0.6) is 51.7 Å². The largest absolute Gasteiger partial charge is 0.508 e. The molecule has 0 saturated carbocycles. The van der Waals surface area contributed by atoms with Gasteiger partial charge in [-0.15, -0.1) is 34.0 Å². The van der Waals surface area contributed by atoms with Crippen molar-refractivity contribution in [1.29, 1.82) is 0 Å². The molecule has 470 valence electrons. The van der Waals surface area contributed by atoms with Crippen LogP contribution < -0.4 is 14.2 Å². The maximum atomic E-state index is 14.6. The number of halogens is 2. The summed E-state index contributed by atoms with van der Waals surface area (Å²) in [7, 11) is 0. The molecular formula is C77H61Cl2N3O9S3. The van der Waals surface area contributed by atoms with Crippen molar-refractivity contribution < 1.29 is 43.9 Å². The van der Waals surface area contributed by atoms with Crippen LogP contribution in [0.2, 0.25) is 10.0 Å². The van der Waals surface area contributed by atoms with E-state index in [-0.39, 0.29) is 46.4 Å². The Balaban J connectivity index is 0.636. The topological polar surface area (TPSA) is 149 Å². The number of hydrogen-bond donors (Lipinski definition) is 3. The van der Waals surface area contributed by atoms with Gasteiger partial charge in [0.2, 0.25) is 17.3 Å². The number of hydrogen-bond acceptors (Lipinski definition) is 15. The second kappa shape index (κ2) is 25.5. The molecular weight excluding hydrogens is 1280 g/mol. The van der Waals surface area contributed by atoms with E-state index < -0.39 is 0 Å². The first kappa shape index (κ1) is 61.3. The molecule has 3 aliphatic heterocycles. The molecule has 0 radical (unpaired) electrons. The standard InChI is InChI=1S/C77H61Cl2N3O9S3/c1-43-8-26-56(44(2)34-43)68(87)76-70(58-27-19-52(83)35-64(58)92-76)89-53-22-11-46(12-23-53)37-81-39-49(40-81)65-62(84)30-28-59-71(75(93-73(59)65)67(86)48-15-17-51(78)18-16-48)90-54-24-13-47(14-25-54)38-82-41-50(42-82)66-63(85)31-29-60-72(91-55-20-9-45(10-21-55)36-80-32-5-33-80)77(94-74(60)66)69(88)57-6-3-4-7-61(57)79/h3-4,6-31,34-35,49-50,83-85H,5,32-33,36-42H2,1-2H3. The first-order chi connectivity index (χ1) is 45.6. The lowest BCUT2D eigenvalue weighted by Gasteiger charge is -2.40. The monoisotopic (exact) mass is 1340 g/mol. The molecule has 0 spiro atoms. The Kier molecular flexibility index (Phi) is 16.6. The number of likely N-dealkylation sites (tertiary alicyclic amines) is 3. The van der Waals surface area contributed by atoms with E-state index in [2.05, 4.69) is 26.8 Å². The lowest BCUT2D eigenvalue weighted by atomic mass is 9.89. The van der Waals surface area contributed by atoms with E-state index in [9.17, 15) is 29.7 Å². The summed E-state index contributed by atoms with van der Waals surface area (Å²) in [6.07, 6.45) is 1.22. The molecule has 94 heavy (non-hydrogen) atoms. The first-order valence-corrected chi connectivity index (χ1v) is 34.3. The number of phenolic OH excluding ortho intramolecular Hbond substituents is 3. The summed E-state index contributed by atoms with van der Waals surface area (Å²) in [5.41, 5.74) is 8.25. The van der Waals surface area contributed by atoms with Crippen LogP contribution in [0.15, 0.2) is 182 Å². The van der Waals surface area contributed by atoms with Crippen molar-refractivity contribution in [1.82, 2.24) is 14.7 Å². The van der Waals surface area contributed by atoms with E-state index >= 15 is 0 Å². The number of nitrogens with zero attached hydrogens (tertiary/aromatic N) is 3. The van der Waals surface area contributed by atoms with Gasteiger partial charge in [-0.05, 0) is 171 Å². The van der Waals surface area contributed by atoms with Crippen LogP contribution in [0.4, 0.5) is 0 Å². The lowest BCUT2D eigenvalue weighted by Crippen LogP contribution is -2.44. The number of carbonyl (C=O) groups excluding carboxylic acids is 3. The van der Waals surface area contributed by atoms with Gasteiger partial charge < -0.3 is 29.5 Å². The Morgan fingerprint density at radius 3 is 1.45 bits per heavy atom. The highest BCUT2D eigenvalue weighted by atomic mass is 35.5. The Bertz CT molecular complexity index is 4950. The molecule has 0 aliphatic carbocycles. The van der Waals surface area contributed by atoms with E-state index in [0.29, 0.717) is 115 Å². The van der Waals surface area contributed by atoms with Crippen LogP contribution in [0.1, 0.15) is 103 Å². The number of ether oxygens (including phenoxy) is 3. The van der Waals surface area contributed by atoms with Crippen molar-refractivity contribution in [3.63, 3.8) is 0 Å².